The number of benzene rings is 1. The van der Waals surface area contributed by atoms with Crippen LogP contribution in [0.4, 0.5) is 4.79 Å². The number of carbonyl (C=O) groups excluding carboxylic acids is 1. The Bertz CT molecular complexity index is 469. The van der Waals surface area contributed by atoms with E-state index in [1.165, 1.54) is 19.2 Å². The van der Waals surface area contributed by atoms with Crippen molar-refractivity contribution in [3.05, 3.63) is 29.8 Å². The van der Waals surface area contributed by atoms with Crippen molar-refractivity contribution in [3.63, 3.8) is 0 Å². The minimum absolute atomic E-state index is 0.0241. The summed E-state index contributed by atoms with van der Waals surface area (Å²) in [5.41, 5.74) is 0.745. The number of hydrogen-bond donors (Lipinski definition) is 1. The van der Waals surface area contributed by atoms with Crippen molar-refractivity contribution in [2.45, 2.75) is 11.4 Å². The Hall–Kier alpha value is -1.27. The molecule has 0 bridgehead atoms. The van der Waals surface area contributed by atoms with Crippen LogP contribution in [0.15, 0.2) is 29.2 Å². The van der Waals surface area contributed by atoms with Gasteiger partial charge in [0.25, 0.3) is 9.05 Å². The molecule has 16 heavy (non-hydrogen) atoms. The summed E-state index contributed by atoms with van der Waals surface area (Å²) in [6.07, 6.45) is -0.547. The summed E-state index contributed by atoms with van der Waals surface area (Å²) in [6.45, 7) is 0.259. The average Bonchev–Trinajstić information content (AvgIpc) is 2.25. The minimum atomic E-state index is -3.70. The van der Waals surface area contributed by atoms with Gasteiger partial charge < -0.3 is 10.1 Å². The maximum atomic E-state index is 10.9. The first kappa shape index (κ1) is 12.8. The van der Waals surface area contributed by atoms with Crippen LogP contribution < -0.4 is 5.32 Å². The molecule has 0 saturated heterocycles. The number of hydrogen-bond acceptors (Lipinski definition) is 4. The third kappa shape index (κ3) is 3.71. The Balaban J connectivity index is 2.69. The summed E-state index contributed by atoms with van der Waals surface area (Å²) >= 11 is 0. The van der Waals surface area contributed by atoms with Crippen molar-refractivity contribution in [1.82, 2.24) is 5.32 Å². The molecule has 0 fully saturated rings. The zero-order valence-electron chi connectivity index (χ0n) is 8.44. The zero-order valence-corrected chi connectivity index (χ0v) is 10.0. The summed E-state index contributed by atoms with van der Waals surface area (Å²) in [5.74, 6) is 0. The van der Waals surface area contributed by atoms with Crippen LogP contribution in [0.5, 0.6) is 0 Å². The standard InChI is InChI=1S/C9H10ClNO4S/c1-15-9(12)11-6-7-2-4-8(5-3-7)16(10,13)14/h2-5H,6H2,1H3,(H,11,12). The van der Waals surface area contributed by atoms with E-state index in [0.717, 1.165) is 5.56 Å². The summed E-state index contributed by atoms with van der Waals surface area (Å²) in [5, 5.41) is 2.46. The van der Waals surface area contributed by atoms with E-state index in [4.69, 9.17) is 10.7 Å². The highest BCUT2D eigenvalue weighted by atomic mass is 35.7. The van der Waals surface area contributed by atoms with Crippen LogP contribution in [-0.4, -0.2) is 21.6 Å². The number of methoxy groups -OCH3 is 1. The van der Waals surface area contributed by atoms with Gasteiger partial charge in [-0.15, -0.1) is 0 Å². The van der Waals surface area contributed by atoms with E-state index in [9.17, 15) is 13.2 Å². The fourth-order valence-electron chi connectivity index (χ4n) is 1.02. The molecule has 1 aromatic carbocycles. The van der Waals surface area contributed by atoms with Crippen LogP contribution in [0, 0.1) is 0 Å². The van der Waals surface area contributed by atoms with Crippen LogP contribution in [0.25, 0.3) is 0 Å². The molecule has 0 unspecified atom stereocenters. The minimum Gasteiger partial charge on any atom is -0.453 e. The number of alkyl carbamates (subject to hydrolysis) is 1. The van der Waals surface area contributed by atoms with Crippen molar-refractivity contribution < 1.29 is 17.9 Å². The van der Waals surface area contributed by atoms with Gasteiger partial charge in [0.2, 0.25) is 0 Å². The quantitative estimate of drug-likeness (QED) is 0.838. The van der Waals surface area contributed by atoms with Gasteiger partial charge >= 0.3 is 6.09 Å². The van der Waals surface area contributed by atoms with E-state index in [-0.39, 0.29) is 11.4 Å². The Labute approximate surface area is 97.8 Å². The zero-order chi connectivity index (χ0) is 12.2. The molecular formula is C9H10ClNO4S. The Morgan fingerprint density at radius 3 is 2.38 bits per heavy atom. The van der Waals surface area contributed by atoms with Gasteiger partial charge in [0.1, 0.15) is 0 Å². The predicted molar refractivity (Wildman–Crippen MR) is 58.7 cm³/mol. The van der Waals surface area contributed by atoms with Crippen molar-refractivity contribution in [3.8, 4) is 0 Å². The van der Waals surface area contributed by atoms with Gasteiger partial charge in [-0.2, -0.15) is 0 Å². The first-order chi connectivity index (χ1) is 7.43. The summed E-state index contributed by atoms with van der Waals surface area (Å²) in [4.78, 5) is 10.8. The van der Waals surface area contributed by atoms with E-state index in [1.807, 2.05) is 0 Å². The number of rotatable bonds is 3. The summed E-state index contributed by atoms with van der Waals surface area (Å²) in [6, 6.07) is 5.86. The Kier molecular flexibility index (Phi) is 4.14. The smallest absolute Gasteiger partial charge is 0.407 e. The Morgan fingerprint density at radius 1 is 1.38 bits per heavy atom. The molecule has 0 saturated carbocycles. The fourth-order valence-corrected chi connectivity index (χ4v) is 1.79. The molecular weight excluding hydrogens is 254 g/mol. The molecule has 1 rings (SSSR count). The second-order valence-electron chi connectivity index (χ2n) is 2.93. The molecule has 0 aliphatic rings. The fraction of sp³-hybridized carbons (Fsp3) is 0.222. The molecule has 1 N–H and O–H groups in total. The van der Waals surface area contributed by atoms with Crippen molar-refractivity contribution in [2.75, 3.05) is 7.11 Å². The first-order valence-corrected chi connectivity index (χ1v) is 6.60. The second-order valence-corrected chi connectivity index (χ2v) is 5.49. The molecule has 7 heteroatoms. The number of nitrogens with one attached hydrogen (secondary N) is 1. The molecule has 0 aromatic heterocycles. The first-order valence-electron chi connectivity index (χ1n) is 4.29. The van der Waals surface area contributed by atoms with Gasteiger partial charge in [-0.3, -0.25) is 0 Å². The van der Waals surface area contributed by atoms with E-state index in [2.05, 4.69) is 10.1 Å². The van der Waals surface area contributed by atoms with Crippen LogP contribution in [0.1, 0.15) is 5.56 Å². The number of amides is 1. The lowest BCUT2D eigenvalue weighted by atomic mass is 10.2. The SMILES string of the molecule is COC(=O)NCc1ccc(S(=O)(=O)Cl)cc1. The molecule has 0 atom stereocenters. The largest absolute Gasteiger partial charge is 0.453 e. The van der Waals surface area contributed by atoms with Gasteiger partial charge in [0.15, 0.2) is 0 Å². The van der Waals surface area contributed by atoms with Crippen LogP contribution in [0.3, 0.4) is 0 Å². The molecule has 0 spiro atoms. The van der Waals surface area contributed by atoms with Crippen LogP contribution in [0.2, 0.25) is 0 Å². The van der Waals surface area contributed by atoms with Crippen molar-refractivity contribution >= 4 is 25.8 Å². The van der Waals surface area contributed by atoms with Crippen LogP contribution in [-0.2, 0) is 20.3 Å². The third-order valence-electron chi connectivity index (χ3n) is 1.83. The molecule has 0 aliphatic heterocycles. The van der Waals surface area contributed by atoms with Gasteiger partial charge in [0, 0.05) is 17.2 Å². The summed E-state index contributed by atoms with van der Waals surface area (Å²) < 4.78 is 26.2. The maximum Gasteiger partial charge on any atom is 0.407 e. The molecule has 0 radical (unpaired) electrons. The average molecular weight is 264 g/mol. The highest BCUT2D eigenvalue weighted by Gasteiger charge is 2.09. The lowest BCUT2D eigenvalue weighted by Gasteiger charge is -2.04. The number of halogens is 1. The Morgan fingerprint density at radius 2 is 1.94 bits per heavy atom. The van der Waals surface area contributed by atoms with Crippen molar-refractivity contribution in [2.24, 2.45) is 0 Å². The molecule has 1 amide bonds. The van der Waals surface area contributed by atoms with E-state index in [0.29, 0.717) is 0 Å². The monoisotopic (exact) mass is 263 g/mol. The van der Waals surface area contributed by atoms with Crippen molar-refractivity contribution in [1.29, 1.82) is 0 Å². The number of ether oxygens (including phenoxy) is 1. The van der Waals surface area contributed by atoms with Gasteiger partial charge in [-0.1, -0.05) is 12.1 Å². The predicted octanol–water partition coefficient (Wildman–Crippen LogP) is 1.47. The van der Waals surface area contributed by atoms with Gasteiger partial charge in [-0.25, -0.2) is 13.2 Å². The molecule has 5 nitrogen and oxygen atoms in total. The third-order valence-corrected chi connectivity index (χ3v) is 3.20. The lowest BCUT2D eigenvalue weighted by molar-refractivity contribution is 0.170. The van der Waals surface area contributed by atoms with E-state index >= 15 is 0 Å². The van der Waals surface area contributed by atoms with Gasteiger partial charge in [-0.05, 0) is 17.7 Å². The molecule has 1 aromatic rings. The van der Waals surface area contributed by atoms with Gasteiger partial charge in [0.05, 0.1) is 12.0 Å². The highest BCUT2D eigenvalue weighted by molar-refractivity contribution is 8.13. The van der Waals surface area contributed by atoms with E-state index in [1.54, 1.807) is 12.1 Å². The van der Waals surface area contributed by atoms with Crippen LogP contribution >= 0.6 is 10.7 Å². The highest BCUT2D eigenvalue weighted by Crippen LogP contribution is 2.15. The summed E-state index contributed by atoms with van der Waals surface area (Å²) in [7, 11) is 2.71. The topological polar surface area (TPSA) is 72.5 Å². The maximum absolute atomic E-state index is 10.9. The second kappa shape index (κ2) is 5.18. The van der Waals surface area contributed by atoms with E-state index < -0.39 is 15.1 Å². The molecule has 0 aliphatic carbocycles. The lowest BCUT2D eigenvalue weighted by Crippen LogP contribution is -2.22. The molecule has 88 valence electrons. The normalized spacial score (nSPS) is 10.9. The number of carbonyl (C=O) groups is 1. The molecule has 0 heterocycles.